The van der Waals surface area contributed by atoms with Gasteiger partial charge in [-0.1, -0.05) is 31.5 Å². The van der Waals surface area contributed by atoms with E-state index >= 15 is 0 Å². The van der Waals surface area contributed by atoms with E-state index in [0.29, 0.717) is 18.1 Å². The summed E-state index contributed by atoms with van der Waals surface area (Å²) in [5.74, 6) is 0.459. The van der Waals surface area contributed by atoms with E-state index in [-0.39, 0.29) is 23.0 Å². The Bertz CT molecular complexity index is 829. The Labute approximate surface area is 168 Å². The lowest BCUT2D eigenvalue weighted by Crippen LogP contribution is -2.62. The Kier molecular flexibility index (Phi) is 5.94. The summed E-state index contributed by atoms with van der Waals surface area (Å²) in [6, 6.07) is 9.65. The number of fused-ring (bicyclic) bond motifs is 1. The Morgan fingerprint density at radius 3 is 2.57 bits per heavy atom. The van der Waals surface area contributed by atoms with Crippen LogP contribution in [0.1, 0.15) is 70.7 Å². The molecule has 1 fully saturated rings. The monoisotopic (exact) mass is 383 g/mol. The van der Waals surface area contributed by atoms with E-state index < -0.39 is 0 Å². The first-order valence-corrected chi connectivity index (χ1v) is 10.3. The molecule has 0 saturated carbocycles. The van der Waals surface area contributed by atoms with Crippen molar-refractivity contribution in [2.75, 3.05) is 6.61 Å². The van der Waals surface area contributed by atoms with Gasteiger partial charge in [-0.25, -0.2) is 4.98 Å². The Hall–Kier alpha value is -2.14. The fraction of sp³-hybridized carbons (Fsp3) is 0.565. The molecule has 0 aliphatic carbocycles. The minimum atomic E-state index is -0.0579. The Balaban J connectivity index is 1.86. The highest BCUT2D eigenvalue weighted by molar-refractivity contribution is 6.06. The molecular formula is C23H33N3O2. The third kappa shape index (κ3) is 5.02. The number of piperidine rings is 1. The molecule has 0 radical (unpaired) electrons. The van der Waals surface area contributed by atoms with E-state index in [0.717, 1.165) is 36.6 Å². The summed E-state index contributed by atoms with van der Waals surface area (Å²) in [7, 11) is 0. The molecule has 152 valence electrons. The lowest BCUT2D eigenvalue weighted by atomic mass is 9.79. The quantitative estimate of drug-likeness (QED) is 0.723. The first-order valence-electron chi connectivity index (χ1n) is 10.3. The second kappa shape index (κ2) is 8.08. The Morgan fingerprint density at radius 2 is 1.89 bits per heavy atom. The number of hydrogen-bond donors (Lipinski definition) is 2. The van der Waals surface area contributed by atoms with Crippen LogP contribution in [0.3, 0.4) is 0 Å². The maximum Gasteiger partial charge on any atom is 0.252 e. The highest BCUT2D eigenvalue weighted by Gasteiger charge is 2.38. The molecule has 3 rings (SSSR count). The van der Waals surface area contributed by atoms with Crippen LogP contribution in [0.25, 0.3) is 10.9 Å². The zero-order chi connectivity index (χ0) is 20.4. The van der Waals surface area contributed by atoms with Crippen molar-refractivity contribution >= 4 is 16.8 Å². The molecule has 1 saturated heterocycles. The average Bonchev–Trinajstić information content (AvgIpc) is 2.58. The van der Waals surface area contributed by atoms with Crippen LogP contribution in [0.2, 0.25) is 0 Å². The van der Waals surface area contributed by atoms with Gasteiger partial charge in [0, 0.05) is 28.6 Å². The number of aromatic nitrogens is 1. The van der Waals surface area contributed by atoms with Crippen LogP contribution >= 0.6 is 0 Å². The number of benzene rings is 1. The van der Waals surface area contributed by atoms with Gasteiger partial charge in [0.05, 0.1) is 17.7 Å². The van der Waals surface area contributed by atoms with Crippen LogP contribution in [0.4, 0.5) is 0 Å². The number of nitrogens with zero attached hydrogens (tertiary/aromatic N) is 1. The average molecular weight is 384 g/mol. The summed E-state index contributed by atoms with van der Waals surface area (Å²) in [4.78, 5) is 17.8. The van der Waals surface area contributed by atoms with E-state index in [2.05, 4.69) is 50.2 Å². The summed E-state index contributed by atoms with van der Waals surface area (Å²) in [6.07, 6.45) is 3.81. The van der Waals surface area contributed by atoms with E-state index in [1.807, 2.05) is 24.3 Å². The normalized spacial score (nSPS) is 18.8. The third-order valence-electron chi connectivity index (χ3n) is 5.21. The van der Waals surface area contributed by atoms with Crippen molar-refractivity contribution in [3.05, 3.63) is 35.9 Å². The number of amides is 1. The van der Waals surface area contributed by atoms with Gasteiger partial charge in [0.2, 0.25) is 5.88 Å². The second-order valence-corrected chi connectivity index (χ2v) is 9.20. The third-order valence-corrected chi connectivity index (χ3v) is 5.21. The predicted molar refractivity (Wildman–Crippen MR) is 114 cm³/mol. The number of pyridine rings is 1. The lowest BCUT2D eigenvalue weighted by molar-refractivity contribution is 0.0874. The zero-order valence-electron chi connectivity index (χ0n) is 17.8. The topological polar surface area (TPSA) is 63.2 Å². The number of nitrogens with one attached hydrogen (secondary N) is 2. The van der Waals surface area contributed by atoms with Crippen LogP contribution in [-0.4, -0.2) is 34.6 Å². The number of para-hydroxylation sites is 1. The first-order chi connectivity index (χ1) is 13.2. The van der Waals surface area contributed by atoms with Gasteiger partial charge in [-0.3, -0.25) is 4.79 Å². The van der Waals surface area contributed by atoms with Crippen molar-refractivity contribution in [2.24, 2.45) is 0 Å². The number of carbonyl (C=O) groups excluding carboxylic acids is 1. The summed E-state index contributed by atoms with van der Waals surface area (Å²) >= 11 is 0. The number of rotatable bonds is 6. The van der Waals surface area contributed by atoms with Gasteiger partial charge in [0.15, 0.2) is 0 Å². The molecule has 1 aromatic carbocycles. The molecule has 2 aromatic rings. The molecule has 2 N–H and O–H groups in total. The van der Waals surface area contributed by atoms with E-state index in [1.165, 1.54) is 0 Å². The largest absolute Gasteiger partial charge is 0.478 e. The standard InChI is InChI=1S/C23H33N3O2/c1-6-7-12-28-20-13-18(17-10-8-9-11-19(17)25-20)21(27)24-16-14-22(2,3)26-23(4,5)15-16/h8-11,13,16,26H,6-7,12,14-15H2,1-5H3,(H,24,27). The van der Waals surface area contributed by atoms with Crippen LogP contribution in [-0.2, 0) is 0 Å². The van der Waals surface area contributed by atoms with Crippen molar-refractivity contribution in [1.29, 1.82) is 0 Å². The maximum absolute atomic E-state index is 13.2. The predicted octanol–water partition coefficient (Wildman–Crippen LogP) is 4.45. The first kappa shape index (κ1) is 20.6. The molecule has 0 spiro atoms. The molecule has 2 heterocycles. The molecule has 5 nitrogen and oxygen atoms in total. The number of hydrogen-bond acceptors (Lipinski definition) is 4. The van der Waals surface area contributed by atoms with Gasteiger partial charge in [-0.2, -0.15) is 0 Å². The summed E-state index contributed by atoms with van der Waals surface area (Å²) in [6.45, 7) is 11.5. The van der Waals surface area contributed by atoms with Gasteiger partial charge >= 0.3 is 0 Å². The zero-order valence-corrected chi connectivity index (χ0v) is 17.8. The minimum Gasteiger partial charge on any atom is -0.478 e. The van der Waals surface area contributed by atoms with Gasteiger partial charge in [-0.05, 0) is 53.0 Å². The van der Waals surface area contributed by atoms with Crippen molar-refractivity contribution in [3.8, 4) is 5.88 Å². The molecule has 0 unspecified atom stereocenters. The molecular weight excluding hydrogens is 350 g/mol. The van der Waals surface area contributed by atoms with Crippen LogP contribution in [0.5, 0.6) is 5.88 Å². The van der Waals surface area contributed by atoms with E-state index in [9.17, 15) is 4.79 Å². The van der Waals surface area contributed by atoms with Crippen molar-refractivity contribution in [2.45, 2.75) is 77.4 Å². The smallest absolute Gasteiger partial charge is 0.252 e. The lowest BCUT2D eigenvalue weighted by Gasteiger charge is -2.46. The molecule has 1 aromatic heterocycles. The fourth-order valence-electron chi connectivity index (χ4n) is 4.42. The second-order valence-electron chi connectivity index (χ2n) is 9.20. The van der Waals surface area contributed by atoms with Gasteiger partial charge in [0.1, 0.15) is 0 Å². The van der Waals surface area contributed by atoms with E-state index in [4.69, 9.17) is 4.74 Å². The highest BCUT2D eigenvalue weighted by Crippen LogP contribution is 2.29. The van der Waals surface area contributed by atoms with Crippen molar-refractivity contribution < 1.29 is 9.53 Å². The summed E-state index contributed by atoms with van der Waals surface area (Å²) in [5, 5.41) is 7.79. The number of ether oxygens (including phenoxy) is 1. The van der Waals surface area contributed by atoms with Crippen molar-refractivity contribution in [3.63, 3.8) is 0 Å². The molecule has 1 amide bonds. The van der Waals surface area contributed by atoms with Crippen molar-refractivity contribution in [1.82, 2.24) is 15.6 Å². The molecule has 1 aliphatic heterocycles. The van der Waals surface area contributed by atoms with Crippen LogP contribution in [0.15, 0.2) is 30.3 Å². The molecule has 0 bridgehead atoms. The molecule has 28 heavy (non-hydrogen) atoms. The molecule has 5 heteroatoms. The SMILES string of the molecule is CCCCOc1cc(C(=O)NC2CC(C)(C)NC(C)(C)C2)c2ccccc2n1. The molecule has 0 atom stereocenters. The summed E-state index contributed by atoms with van der Waals surface area (Å²) in [5.41, 5.74) is 1.38. The van der Waals surface area contributed by atoms with Gasteiger partial charge in [0.25, 0.3) is 5.91 Å². The van der Waals surface area contributed by atoms with Crippen LogP contribution in [0, 0.1) is 0 Å². The fourth-order valence-corrected chi connectivity index (χ4v) is 4.42. The Morgan fingerprint density at radius 1 is 1.21 bits per heavy atom. The van der Waals surface area contributed by atoms with Gasteiger partial charge < -0.3 is 15.4 Å². The highest BCUT2D eigenvalue weighted by atomic mass is 16.5. The van der Waals surface area contributed by atoms with Crippen LogP contribution < -0.4 is 15.4 Å². The van der Waals surface area contributed by atoms with Gasteiger partial charge in [-0.15, -0.1) is 0 Å². The number of unbranched alkanes of at least 4 members (excludes halogenated alkanes) is 1. The maximum atomic E-state index is 13.2. The minimum absolute atomic E-state index is 0.0194. The van der Waals surface area contributed by atoms with E-state index in [1.54, 1.807) is 6.07 Å². The summed E-state index contributed by atoms with van der Waals surface area (Å²) < 4.78 is 5.80. The number of carbonyl (C=O) groups is 1. The molecule has 1 aliphatic rings.